The molecule has 0 aliphatic carbocycles. The summed E-state index contributed by atoms with van der Waals surface area (Å²) in [6.07, 6.45) is 0. The Bertz CT molecular complexity index is 537. The molecule has 5 heteroatoms. The average molecular weight is 264 g/mol. The maximum atomic E-state index is 10.5. The Balaban J connectivity index is 2.10. The van der Waals surface area contributed by atoms with Crippen LogP contribution in [0.15, 0.2) is 48.5 Å². The minimum absolute atomic E-state index is 0.0415. The molecule has 4 nitrogen and oxygen atoms in total. The monoisotopic (exact) mass is 263 g/mol. The largest absolute Gasteiger partial charge is 0.457 e. The molecule has 0 spiro atoms. The molecule has 0 saturated heterocycles. The van der Waals surface area contributed by atoms with Gasteiger partial charge in [-0.15, -0.1) is 11.6 Å². The predicted molar refractivity (Wildman–Crippen MR) is 69.2 cm³/mol. The molecule has 18 heavy (non-hydrogen) atoms. The van der Waals surface area contributed by atoms with Gasteiger partial charge in [0.1, 0.15) is 11.5 Å². The van der Waals surface area contributed by atoms with Crippen molar-refractivity contribution in [2.24, 2.45) is 0 Å². The first-order chi connectivity index (χ1) is 8.69. The summed E-state index contributed by atoms with van der Waals surface area (Å²) >= 11 is 5.68. The molecule has 0 radical (unpaired) electrons. The van der Waals surface area contributed by atoms with Crippen molar-refractivity contribution in [1.82, 2.24) is 0 Å². The lowest BCUT2D eigenvalue weighted by Gasteiger charge is -2.05. The molecule has 0 aliphatic rings. The van der Waals surface area contributed by atoms with Crippen LogP contribution in [0.1, 0.15) is 5.56 Å². The summed E-state index contributed by atoms with van der Waals surface area (Å²) in [6.45, 7) is 0. The number of ether oxygens (including phenoxy) is 1. The summed E-state index contributed by atoms with van der Waals surface area (Å²) in [4.78, 5) is 10.0. The predicted octanol–water partition coefficient (Wildman–Crippen LogP) is 4.13. The third-order valence-corrected chi connectivity index (χ3v) is 2.67. The highest BCUT2D eigenvalue weighted by Gasteiger charge is 2.04. The van der Waals surface area contributed by atoms with Crippen molar-refractivity contribution in [3.8, 4) is 11.5 Å². The Hall–Kier alpha value is -2.07. The molecule has 0 aliphatic heterocycles. The molecular weight excluding hydrogens is 254 g/mol. The standard InChI is InChI=1S/C13H10ClNO3/c14-9-10-1-5-12(6-2-10)18-13-7-3-11(4-8-13)15(16)17/h1-8H,9H2. The van der Waals surface area contributed by atoms with Gasteiger partial charge in [-0.3, -0.25) is 10.1 Å². The molecule has 0 saturated carbocycles. The number of nitro groups is 1. The van der Waals surface area contributed by atoms with E-state index in [1.165, 1.54) is 12.1 Å². The van der Waals surface area contributed by atoms with E-state index < -0.39 is 4.92 Å². The first kappa shape index (κ1) is 12.4. The molecule has 92 valence electrons. The van der Waals surface area contributed by atoms with Crippen molar-refractivity contribution >= 4 is 17.3 Å². The molecule has 0 aromatic heterocycles. The van der Waals surface area contributed by atoms with Gasteiger partial charge in [0.05, 0.1) is 4.92 Å². The van der Waals surface area contributed by atoms with E-state index in [4.69, 9.17) is 16.3 Å². The highest BCUT2D eigenvalue weighted by Crippen LogP contribution is 2.24. The van der Waals surface area contributed by atoms with Crippen molar-refractivity contribution in [2.45, 2.75) is 5.88 Å². The van der Waals surface area contributed by atoms with Crippen LogP contribution in [-0.2, 0) is 5.88 Å². The zero-order valence-electron chi connectivity index (χ0n) is 9.38. The van der Waals surface area contributed by atoms with Crippen molar-refractivity contribution in [3.05, 3.63) is 64.2 Å². The highest BCUT2D eigenvalue weighted by atomic mass is 35.5. The fraction of sp³-hybridized carbons (Fsp3) is 0.0769. The Morgan fingerprint density at radius 2 is 1.50 bits per heavy atom. The van der Waals surface area contributed by atoms with Crippen LogP contribution in [0.4, 0.5) is 5.69 Å². The van der Waals surface area contributed by atoms with E-state index in [1.54, 1.807) is 24.3 Å². The second kappa shape index (κ2) is 5.51. The van der Waals surface area contributed by atoms with Crippen molar-refractivity contribution in [3.63, 3.8) is 0 Å². The lowest BCUT2D eigenvalue weighted by molar-refractivity contribution is -0.384. The topological polar surface area (TPSA) is 52.4 Å². The van der Waals surface area contributed by atoms with Gasteiger partial charge in [-0.05, 0) is 29.8 Å². The summed E-state index contributed by atoms with van der Waals surface area (Å²) in [5.74, 6) is 1.68. The number of halogens is 1. The molecule has 2 aromatic carbocycles. The van der Waals surface area contributed by atoms with Crippen molar-refractivity contribution < 1.29 is 9.66 Å². The number of nitrogens with zero attached hydrogens (tertiary/aromatic N) is 1. The number of hydrogen-bond acceptors (Lipinski definition) is 3. The number of nitro benzene ring substituents is 1. The van der Waals surface area contributed by atoms with E-state index in [0.717, 1.165) is 5.56 Å². The van der Waals surface area contributed by atoms with Gasteiger partial charge in [0.2, 0.25) is 0 Å². The van der Waals surface area contributed by atoms with Crippen LogP contribution in [0.25, 0.3) is 0 Å². The highest BCUT2D eigenvalue weighted by molar-refractivity contribution is 6.17. The molecule has 2 rings (SSSR count). The Morgan fingerprint density at radius 1 is 1.00 bits per heavy atom. The number of alkyl halides is 1. The number of rotatable bonds is 4. The van der Waals surface area contributed by atoms with Gasteiger partial charge in [-0.2, -0.15) is 0 Å². The second-order valence-corrected chi connectivity index (χ2v) is 3.90. The number of hydrogen-bond donors (Lipinski definition) is 0. The molecule has 2 aromatic rings. The number of benzene rings is 2. The van der Waals surface area contributed by atoms with Crippen molar-refractivity contribution in [2.75, 3.05) is 0 Å². The third-order valence-electron chi connectivity index (χ3n) is 2.36. The molecule has 0 bridgehead atoms. The molecule has 0 atom stereocenters. The lowest BCUT2D eigenvalue weighted by Crippen LogP contribution is -1.88. The summed E-state index contributed by atoms with van der Waals surface area (Å²) in [7, 11) is 0. The van der Waals surface area contributed by atoms with Gasteiger partial charge in [0.15, 0.2) is 0 Å². The van der Waals surface area contributed by atoms with Crippen LogP contribution in [-0.4, -0.2) is 4.92 Å². The number of non-ortho nitro benzene ring substituents is 1. The van der Waals surface area contributed by atoms with Crippen LogP contribution in [0.3, 0.4) is 0 Å². The SMILES string of the molecule is O=[N+]([O-])c1ccc(Oc2ccc(CCl)cc2)cc1. The summed E-state index contributed by atoms with van der Waals surface area (Å²) < 4.78 is 5.55. The molecular formula is C13H10ClNO3. The van der Waals surface area contributed by atoms with Gasteiger partial charge in [0, 0.05) is 18.0 Å². The first-order valence-electron chi connectivity index (χ1n) is 5.26. The van der Waals surface area contributed by atoms with Crippen LogP contribution in [0, 0.1) is 10.1 Å². The first-order valence-corrected chi connectivity index (χ1v) is 5.80. The molecule has 0 unspecified atom stereocenters. The maximum absolute atomic E-state index is 10.5. The smallest absolute Gasteiger partial charge is 0.269 e. The zero-order chi connectivity index (χ0) is 13.0. The van der Waals surface area contributed by atoms with Crippen molar-refractivity contribution in [1.29, 1.82) is 0 Å². The Morgan fingerprint density at radius 3 is 1.94 bits per heavy atom. The molecule has 0 fully saturated rings. The van der Waals surface area contributed by atoms with Gasteiger partial charge in [-0.25, -0.2) is 0 Å². The molecule has 0 amide bonds. The zero-order valence-corrected chi connectivity index (χ0v) is 10.1. The van der Waals surface area contributed by atoms with E-state index in [9.17, 15) is 10.1 Å². The van der Waals surface area contributed by atoms with Crippen LogP contribution in [0.5, 0.6) is 11.5 Å². The van der Waals surface area contributed by atoms with E-state index in [-0.39, 0.29) is 5.69 Å². The van der Waals surface area contributed by atoms with E-state index in [0.29, 0.717) is 17.4 Å². The maximum Gasteiger partial charge on any atom is 0.269 e. The van der Waals surface area contributed by atoms with Gasteiger partial charge >= 0.3 is 0 Å². The van der Waals surface area contributed by atoms with E-state index in [1.807, 2.05) is 12.1 Å². The Kier molecular flexibility index (Phi) is 3.79. The average Bonchev–Trinajstić information content (AvgIpc) is 2.40. The van der Waals surface area contributed by atoms with Crippen LogP contribution in [0.2, 0.25) is 0 Å². The van der Waals surface area contributed by atoms with Crippen LogP contribution >= 0.6 is 11.6 Å². The normalized spacial score (nSPS) is 10.1. The third kappa shape index (κ3) is 2.99. The minimum atomic E-state index is -0.445. The van der Waals surface area contributed by atoms with E-state index >= 15 is 0 Å². The summed E-state index contributed by atoms with van der Waals surface area (Å²) in [6, 6.07) is 13.3. The van der Waals surface area contributed by atoms with Gasteiger partial charge in [0.25, 0.3) is 5.69 Å². The summed E-state index contributed by atoms with van der Waals surface area (Å²) in [5, 5.41) is 10.5. The van der Waals surface area contributed by atoms with Gasteiger partial charge in [-0.1, -0.05) is 12.1 Å². The summed E-state index contributed by atoms with van der Waals surface area (Å²) in [5.41, 5.74) is 1.05. The second-order valence-electron chi connectivity index (χ2n) is 3.63. The quantitative estimate of drug-likeness (QED) is 0.473. The minimum Gasteiger partial charge on any atom is -0.457 e. The van der Waals surface area contributed by atoms with Gasteiger partial charge < -0.3 is 4.74 Å². The fourth-order valence-electron chi connectivity index (χ4n) is 1.42. The Labute approximate surface area is 109 Å². The van der Waals surface area contributed by atoms with E-state index in [2.05, 4.69) is 0 Å². The lowest BCUT2D eigenvalue weighted by atomic mass is 10.2. The van der Waals surface area contributed by atoms with Crippen LogP contribution < -0.4 is 4.74 Å². The fourth-order valence-corrected chi connectivity index (χ4v) is 1.60. The molecule has 0 N–H and O–H groups in total. The molecule has 0 heterocycles.